The van der Waals surface area contributed by atoms with Gasteiger partial charge in [0.15, 0.2) is 0 Å². The summed E-state index contributed by atoms with van der Waals surface area (Å²) >= 11 is 1.47. The number of nitrogens with zero attached hydrogens (tertiary/aromatic N) is 1. The average Bonchev–Trinajstić information content (AvgIpc) is 2.29. The third-order valence-corrected chi connectivity index (χ3v) is 3.71. The number of benzene rings is 1. The maximum atomic E-state index is 9.40. The molecule has 0 radical (unpaired) electrons. The first-order chi connectivity index (χ1) is 7.58. The van der Waals surface area contributed by atoms with Gasteiger partial charge in [0.2, 0.25) is 0 Å². The standard InChI is InChI=1S/C12H15NO2S/c1-8(15)9(2)16-12-4-3-10(7-14)5-11(12)6-13/h3-5,8-9,14-15H,7H2,1-2H3. The smallest absolute Gasteiger partial charge is 0.100 e. The summed E-state index contributed by atoms with van der Waals surface area (Å²) in [7, 11) is 0. The van der Waals surface area contributed by atoms with Gasteiger partial charge in [0.25, 0.3) is 0 Å². The molecule has 0 aliphatic rings. The van der Waals surface area contributed by atoms with Crippen LogP contribution in [0.5, 0.6) is 0 Å². The zero-order valence-corrected chi connectivity index (χ0v) is 10.2. The van der Waals surface area contributed by atoms with Crippen molar-refractivity contribution in [3.8, 4) is 6.07 Å². The minimum Gasteiger partial charge on any atom is -0.392 e. The molecule has 0 heterocycles. The van der Waals surface area contributed by atoms with Gasteiger partial charge in [-0.25, -0.2) is 0 Å². The molecule has 1 aromatic rings. The van der Waals surface area contributed by atoms with Gasteiger partial charge in [-0.3, -0.25) is 0 Å². The maximum Gasteiger partial charge on any atom is 0.100 e. The Labute approximate surface area is 99.7 Å². The zero-order valence-electron chi connectivity index (χ0n) is 9.34. The first kappa shape index (κ1) is 13.0. The number of aliphatic hydroxyl groups is 2. The van der Waals surface area contributed by atoms with E-state index in [1.54, 1.807) is 19.1 Å². The van der Waals surface area contributed by atoms with E-state index in [1.165, 1.54) is 11.8 Å². The molecule has 2 unspecified atom stereocenters. The highest BCUT2D eigenvalue weighted by molar-refractivity contribution is 8.00. The molecule has 0 bridgehead atoms. The van der Waals surface area contributed by atoms with Crippen molar-refractivity contribution in [3.63, 3.8) is 0 Å². The molecule has 0 aliphatic carbocycles. The van der Waals surface area contributed by atoms with Crippen LogP contribution in [-0.4, -0.2) is 21.6 Å². The van der Waals surface area contributed by atoms with Gasteiger partial charge < -0.3 is 10.2 Å². The minimum atomic E-state index is -0.422. The highest BCUT2D eigenvalue weighted by Gasteiger charge is 2.13. The number of hydrogen-bond acceptors (Lipinski definition) is 4. The lowest BCUT2D eigenvalue weighted by molar-refractivity contribution is 0.196. The summed E-state index contributed by atoms with van der Waals surface area (Å²) in [6.45, 7) is 3.58. The molecule has 0 spiro atoms. The largest absolute Gasteiger partial charge is 0.392 e. The molecule has 2 atom stereocenters. The van der Waals surface area contributed by atoms with Gasteiger partial charge in [-0.1, -0.05) is 13.0 Å². The number of aliphatic hydroxyl groups excluding tert-OH is 2. The van der Waals surface area contributed by atoms with Crippen molar-refractivity contribution < 1.29 is 10.2 Å². The molecule has 1 rings (SSSR count). The molecule has 16 heavy (non-hydrogen) atoms. The van der Waals surface area contributed by atoms with Crippen molar-refractivity contribution in [3.05, 3.63) is 29.3 Å². The van der Waals surface area contributed by atoms with Crippen LogP contribution in [-0.2, 0) is 6.61 Å². The summed E-state index contributed by atoms with van der Waals surface area (Å²) in [6, 6.07) is 7.38. The zero-order chi connectivity index (χ0) is 12.1. The van der Waals surface area contributed by atoms with Crippen LogP contribution >= 0.6 is 11.8 Å². The van der Waals surface area contributed by atoms with Crippen molar-refractivity contribution in [2.24, 2.45) is 0 Å². The Balaban J connectivity index is 2.93. The number of nitriles is 1. The van der Waals surface area contributed by atoms with Crippen molar-refractivity contribution >= 4 is 11.8 Å². The average molecular weight is 237 g/mol. The van der Waals surface area contributed by atoms with E-state index in [1.807, 2.05) is 13.0 Å². The monoisotopic (exact) mass is 237 g/mol. The fourth-order valence-corrected chi connectivity index (χ4v) is 2.14. The van der Waals surface area contributed by atoms with Gasteiger partial charge in [0.05, 0.1) is 18.3 Å². The van der Waals surface area contributed by atoms with Gasteiger partial charge in [-0.05, 0) is 24.6 Å². The number of rotatable bonds is 4. The quantitative estimate of drug-likeness (QED) is 0.785. The Morgan fingerprint density at radius 2 is 2.12 bits per heavy atom. The summed E-state index contributed by atoms with van der Waals surface area (Å²) in [5, 5.41) is 27.4. The summed E-state index contributed by atoms with van der Waals surface area (Å²) in [6.07, 6.45) is -0.422. The summed E-state index contributed by atoms with van der Waals surface area (Å²) < 4.78 is 0. The second-order valence-electron chi connectivity index (χ2n) is 3.66. The fraction of sp³-hybridized carbons (Fsp3) is 0.417. The van der Waals surface area contributed by atoms with E-state index in [9.17, 15) is 5.11 Å². The molecule has 0 fully saturated rings. The molecule has 3 nitrogen and oxygen atoms in total. The second-order valence-corrected chi connectivity index (χ2v) is 5.08. The van der Waals surface area contributed by atoms with Crippen molar-refractivity contribution in [2.45, 2.75) is 36.7 Å². The SMILES string of the molecule is CC(O)C(C)Sc1ccc(CO)cc1C#N. The third kappa shape index (κ3) is 3.24. The molecule has 1 aromatic carbocycles. The van der Waals surface area contributed by atoms with E-state index in [-0.39, 0.29) is 11.9 Å². The van der Waals surface area contributed by atoms with Crippen LogP contribution in [0.2, 0.25) is 0 Å². The van der Waals surface area contributed by atoms with Gasteiger partial charge in [0.1, 0.15) is 6.07 Å². The maximum absolute atomic E-state index is 9.40. The van der Waals surface area contributed by atoms with Gasteiger partial charge in [-0.2, -0.15) is 5.26 Å². The second kappa shape index (κ2) is 5.90. The van der Waals surface area contributed by atoms with Crippen LogP contribution in [0.25, 0.3) is 0 Å². The third-order valence-electron chi connectivity index (χ3n) is 2.34. The first-order valence-corrected chi connectivity index (χ1v) is 5.95. The predicted octanol–water partition coefficient (Wildman–Crippen LogP) is 1.91. The predicted molar refractivity (Wildman–Crippen MR) is 64.1 cm³/mol. The lowest BCUT2D eigenvalue weighted by atomic mass is 10.1. The van der Waals surface area contributed by atoms with Crippen molar-refractivity contribution in [2.75, 3.05) is 0 Å². The van der Waals surface area contributed by atoms with E-state index in [0.29, 0.717) is 5.56 Å². The van der Waals surface area contributed by atoms with Crippen LogP contribution < -0.4 is 0 Å². The van der Waals surface area contributed by atoms with Crippen molar-refractivity contribution in [1.29, 1.82) is 5.26 Å². The normalized spacial score (nSPS) is 14.2. The first-order valence-electron chi connectivity index (χ1n) is 5.07. The number of thioether (sulfide) groups is 1. The fourth-order valence-electron chi connectivity index (χ4n) is 1.16. The van der Waals surface area contributed by atoms with E-state index in [4.69, 9.17) is 10.4 Å². The molecular formula is C12H15NO2S. The highest BCUT2D eigenvalue weighted by Crippen LogP contribution is 2.28. The molecule has 2 N–H and O–H groups in total. The Morgan fingerprint density at radius 1 is 1.44 bits per heavy atom. The molecule has 0 aromatic heterocycles. The molecule has 0 saturated heterocycles. The molecule has 0 saturated carbocycles. The molecule has 86 valence electrons. The van der Waals surface area contributed by atoms with Gasteiger partial charge >= 0.3 is 0 Å². The van der Waals surface area contributed by atoms with Crippen LogP contribution in [0.1, 0.15) is 25.0 Å². The van der Waals surface area contributed by atoms with Crippen LogP contribution in [0.15, 0.2) is 23.1 Å². The Bertz CT molecular complexity index is 398. The van der Waals surface area contributed by atoms with Crippen LogP contribution in [0.3, 0.4) is 0 Å². The summed E-state index contributed by atoms with van der Waals surface area (Å²) in [4.78, 5) is 0.841. The molecular weight excluding hydrogens is 222 g/mol. The Morgan fingerprint density at radius 3 is 2.62 bits per heavy atom. The van der Waals surface area contributed by atoms with Gasteiger partial charge in [-0.15, -0.1) is 11.8 Å². The Kier molecular flexibility index (Phi) is 4.81. The summed E-state index contributed by atoms with van der Waals surface area (Å²) in [5.41, 5.74) is 1.27. The van der Waals surface area contributed by atoms with Gasteiger partial charge in [0, 0.05) is 10.1 Å². The molecule has 0 aliphatic heterocycles. The number of hydrogen-bond donors (Lipinski definition) is 2. The molecule has 4 heteroatoms. The minimum absolute atomic E-state index is 0.0343. The van der Waals surface area contributed by atoms with Crippen LogP contribution in [0, 0.1) is 11.3 Å². The lowest BCUT2D eigenvalue weighted by Crippen LogP contribution is -2.15. The molecule has 0 amide bonds. The topological polar surface area (TPSA) is 64.2 Å². The van der Waals surface area contributed by atoms with E-state index < -0.39 is 6.10 Å². The van der Waals surface area contributed by atoms with Crippen molar-refractivity contribution in [1.82, 2.24) is 0 Å². The van der Waals surface area contributed by atoms with E-state index in [0.717, 1.165) is 10.5 Å². The Hall–Kier alpha value is -1.02. The van der Waals surface area contributed by atoms with E-state index >= 15 is 0 Å². The lowest BCUT2D eigenvalue weighted by Gasteiger charge is -2.15. The highest BCUT2D eigenvalue weighted by atomic mass is 32.2. The van der Waals surface area contributed by atoms with Crippen LogP contribution in [0.4, 0.5) is 0 Å². The summed E-state index contributed by atoms with van der Waals surface area (Å²) in [5.74, 6) is 0. The van der Waals surface area contributed by atoms with E-state index in [2.05, 4.69) is 6.07 Å².